The van der Waals surface area contributed by atoms with Crippen molar-refractivity contribution in [1.82, 2.24) is 15.0 Å². The van der Waals surface area contributed by atoms with E-state index in [1.807, 2.05) is 6.07 Å². The summed E-state index contributed by atoms with van der Waals surface area (Å²) in [5.41, 5.74) is 2.20. The Morgan fingerprint density at radius 3 is 2.93 bits per heavy atom. The maximum Gasteiger partial charge on any atom is 0.251 e. The third-order valence-corrected chi connectivity index (χ3v) is 2.07. The summed E-state index contributed by atoms with van der Waals surface area (Å²) in [5.74, 6) is 0. The van der Waals surface area contributed by atoms with Gasteiger partial charge in [0.05, 0.1) is 5.69 Å². The minimum Gasteiger partial charge on any atom is -0.329 e. The Morgan fingerprint density at radius 1 is 1.36 bits per heavy atom. The molecule has 70 valence electrons. The van der Waals surface area contributed by atoms with Crippen molar-refractivity contribution in [3.8, 4) is 11.3 Å². The molecule has 0 aromatic carbocycles. The maximum atomic E-state index is 11.3. The average Bonchev–Trinajstić information content (AvgIpc) is 2.23. The third-order valence-electron chi connectivity index (χ3n) is 2.07. The number of aromatic amines is 1. The fourth-order valence-electron chi connectivity index (χ4n) is 1.28. The second kappa shape index (κ2) is 3.41. The first-order valence-corrected chi connectivity index (χ1v) is 4.24. The van der Waals surface area contributed by atoms with Crippen LogP contribution in [-0.4, -0.2) is 15.0 Å². The highest BCUT2D eigenvalue weighted by molar-refractivity contribution is 5.61. The van der Waals surface area contributed by atoms with Crippen molar-refractivity contribution >= 4 is 0 Å². The highest BCUT2D eigenvalue weighted by Crippen LogP contribution is 2.16. The van der Waals surface area contributed by atoms with Crippen LogP contribution in [0, 0.1) is 6.92 Å². The van der Waals surface area contributed by atoms with Gasteiger partial charge in [0.25, 0.3) is 5.56 Å². The Kier molecular flexibility index (Phi) is 2.10. The molecule has 2 heterocycles. The number of aromatic nitrogens is 3. The average molecular weight is 187 g/mol. The van der Waals surface area contributed by atoms with Crippen LogP contribution in [-0.2, 0) is 0 Å². The zero-order chi connectivity index (χ0) is 9.97. The van der Waals surface area contributed by atoms with Crippen molar-refractivity contribution in [2.45, 2.75) is 6.92 Å². The van der Waals surface area contributed by atoms with Crippen LogP contribution in [0.5, 0.6) is 0 Å². The van der Waals surface area contributed by atoms with Crippen LogP contribution in [0.25, 0.3) is 11.3 Å². The second-order valence-corrected chi connectivity index (χ2v) is 2.94. The van der Waals surface area contributed by atoms with E-state index in [1.165, 1.54) is 6.33 Å². The molecular weight excluding hydrogens is 178 g/mol. The first kappa shape index (κ1) is 8.62. The van der Waals surface area contributed by atoms with Gasteiger partial charge in [0.15, 0.2) is 0 Å². The zero-order valence-electron chi connectivity index (χ0n) is 7.69. The van der Waals surface area contributed by atoms with Crippen LogP contribution in [0.2, 0.25) is 0 Å². The molecule has 0 saturated heterocycles. The predicted molar refractivity (Wildman–Crippen MR) is 52.8 cm³/mol. The molecule has 2 aromatic rings. The number of nitrogens with one attached hydrogen (secondary N) is 1. The van der Waals surface area contributed by atoms with Gasteiger partial charge in [-0.25, -0.2) is 9.97 Å². The summed E-state index contributed by atoms with van der Waals surface area (Å²) in [6.07, 6.45) is 4.74. The topological polar surface area (TPSA) is 58.6 Å². The Morgan fingerprint density at radius 2 is 2.21 bits per heavy atom. The standard InChI is InChI=1S/C10H9N3O/c1-7-8(2-5-12-10(7)14)9-3-4-11-6-13-9/h2-6H,1H3,(H,12,14). The van der Waals surface area contributed by atoms with Gasteiger partial charge in [0.2, 0.25) is 0 Å². The molecule has 0 saturated carbocycles. The molecule has 4 nitrogen and oxygen atoms in total. The van der Waals surface area contributed by atoms with Crippen LogP contribution < -0.4 is 5.56 Å². The Hall–Kier alpha value is -1.97. The van der Waals surface area contributed by atoms with Crippen molar-refractivity contribution in [2.75, 3.05) is 0 Å². The first-order valence-electron chi connectivity index (χ1n) is 4.24. The van der Waals surface area contributed by atoms with E-state index < -0.39 is 0 Å². The molecule has 0 aliphatic heterocycles. The molecule has 2 aromatic heterocycles. The van der Waals surface area contributed by atoms with Crippen molar-refractivity contribution in [2.24, 2.45) is 0 Å². The molecule has 4 heteroatoms. The minimum absolute atomic E-state index is 0.0823. The Bertz CT molecular complexity index is 490. The monoisotopic (exact) mass is 187 g/mol. The van der Waals surface area contributed by atoms with Crippen molar-refractivity contribution < 1.29 is 0 Å². The number of hydrogen-bond donors (Lipinski definition) is 1. The quantitative estimate of drug-likeness (QED) is 0.728. The normalized spacial score (nSPS) is 10.1. The molecule has 0 fully saturated rings. The van der Waals surface area contributed by atoms with E-state index in [-0.39, 0.29) is 5.56 Å². The van der Waals surface area contributed by atoms with Crippen molar-refractivity contribution in [3.05, 3.63) is 46.8 Å². The van der Waals surface area contributed by atoms with Gasteiger partial charge in [-0.1, -0.05) is 0 Å². The van der Waals surface area contributed by atoms with E-state index in [9.17, 15) is 4.79 Å². The van der Waals surface area contributed by atoms with Gasteiger partial charge in [-0.15, -0.1) is 0 Å². The number of pyridine rings is 1. The molecule has 0 atom stereocenters. The molecule has 1 N–H and O–H groups in total. The van der Waals surface area contributed by atoms with E-state index in [0.29, 0.717) is 5.56 Å². The fraction of sp³-hybridized carbons (Fsp3) is 0.100. The molecule has 0 radical (unpaired) electrons. The minimum atomic E-state index is -0.0823. The fourth-order valence-corrected chi connectivity index (χ4v) is 1.28. The molecule has 0 amide bonds. The molecule has 0 bridgehead atoms. The van der Waals surface area contributed by atoms with Crippen molar-refractivity contribution in [3.63, 3.8) is 0 Å². The summed E-state index contributed by atoms with van der Waals surface area (Å²) in [4.78, 5) is 21.8. The molecular formula is C10H9N3O. The van der Waals surface area contributed by atoms with E-state index in [1.54, 1.807) is 25.4 Å². The van der Waals surface area contributed by atoms with Crippen LogP contribution in [0.15, 0.2) is 35.6 Å². The van der Waals surface area contributed by atoms with Crippen LogP contribution in [0.3, 0.4) is 0 Å². The van der Waals surface area contributed by atoms with E-state index >= 15 is 0 Å². The molecule has 0 spiro atoms. The lowest BCUT2D eigenvalue weighted by Gasteiger charge is -2.01. The second-order valence-electron chi connectivity index (χ2n) is 2.94. The summed E-state index contributed by atoms with van der Waals surface area (Å²) < 4.78 is 0. The lowest BCUT2D eigenvalue weighted by Crippen LogP contribution is -2.09. The van der Waals surface area contributed by atoms with Crippen molar-refractivity contribution in [1.29, 1.82) is 0 Å². The first-order chi connectivity index (χ1) is 6.79. The van der Waals surface area contributed by atoms with E-state index in [0.717, 1.165) is 11.3 Å². The Labute approximate surface area is 80.7 Å². The summed E-state index contributed by atoms with van der Waals surface area (Å²) in [7, 11) is 0. The van der Waals surface area contributed by atoms with Gasteiger partial charge in [-0.2, -0.15) is 0 Å². The number of hydrogen-bond acceptors (Lipinski definition) is 3. The highest BCUT2D eigenvalue weighted by atomic mass is 16.1. The van der Waals surface area contributed by atoms with E-state index in [4.69, 9.17) is 0 Å². The Balaban J connectivity index is 2.64. The number of H-pyrrole nitrogens is 1. The summed E-state index contributed by atoms with van der Waals surface area (Å²) in [5, 5.41) is 0. The number of rotatable bonds is 1. The maximum absolute atomic E-state index is 11.3. The van der Waals surface area contributed by atoms with Crippen LogP contribution in [0.4, 0.5) is 0 Å². The van der Waals surface area contributed by atoms with E-state index in [2.05, 4.69) is 15.0 Å². The third kappa shape index (κ3) is 1.42. The van der Waals surface area contributed by atoms with Crippen LogP contribution in [0.1, 0.15) is 5.56 Å². The summed E-state index contributed by atoms with van der Waals surface area (Å²) >= 11 is 0. The van der Waals surface area contributed by atoms with Crippen LogP contribution >= 0.6 is 0 Å². The van der Waals surface area contributed by atoms with Gasteiger partial charge < -0.3 is 4.98 Å². The molecule has 14 heavy (non-hydrogen) atoms. The summed E-state index contributed by atoms with van der Waals surface area (Å²) in [6.45, 7) is 1.77. The van der Waals surface area contributed by atoms with Gasteiger partial charge in [0, 0.05) is 23.5 Å². The molecule has 0 aliphatic carbocycles. The van der Waals surface area contributed by atoms with Gasteiger partial charge in [-0.05, 0) is 19.1 Å². The largest absolute Gasteiger partial charge is 0.329 e. The molecule has 0 aliphatic rings. The lowest BCUT2D eigenvalue weighted by atomic mass is 10.1. The highest BCUT2D eigenvalue weighted by Gasteiger charge is 2.04. The number of nitrogens with zero attached hydrogens (tertiary/aromatic N) is 2. The SMILES string of the molecule is Cc1c(-c2ccncn2)cc[nH]c1=O. The summed E-state index contributed by atoms with van der Waals surface area (Å²) in [6, 6.07) is 3.61. The molecule has 0 unspecified atom stereocenters. The smallest absolute Gasteiger partial charge is 0.251 e. The lowest BCUT2D eigenvalue weighted by molar-refractivity contribution is 1.14. The van der Waals surface area contributed by atoms with Gasteiger partial charge in [-0.3, -0.25) is 4.79 Å². The zero-order valence-corrected chi connectivity index (χ0v) is 7.69. The van der Waals surface area contributed by atoms with Gasteiger partial charge in [0.1, 0.15) is 6.33 Å². The predicted octanol–water partition coefficient (Wildman–Crippen LogP) is 1.14. The van der Waals surface area contributed by atoms with Gasteiger partial charge >= 0.3 is 0 Å². The molecule has 2 rings (SSSR count).